The van der Waals surface area contributed by atoms with Crippen LogP contribution in [-0.4, -0.2) is 25.0 Å². The molecule has 3 nitrogen and oxygen atoms in total. The van der Waals surface area contributed by atoms with Crippen molar-refractivity contribution in [3.8, 4) is 0 Å². The summed E-state index contributed by atoms with van der Waals surface area (Å²) in [5.74, 6) is -0.0480. The summed E-state index contributed by atoms with van der Waals surface area (Å²) in [6, 6.07) is 5.75. The van der Waals surface area contributed by atoms with Gasteiger partial charge in [0.25, 0.3) is 5.91 Å². The van der Waals surface area contributed by atoms with Crippen LogP contribution in [0.15, 0.2) is 18.2 Å². The summed E-state index contributed by atoms with van der Waals surface area (Å²) in [5, 5.41) is 7.17. The quantitative estimate of drug-likeness (QED) is 0.899. The molecule has 1 aromatic rings. The molecule has 0 radical (unpaired) electrons. The van der Waals surface area contributed by atoms with E-state index in [4.69, 9.17) is 11.6 Å². The van der Waals surface area contributed by atoms with Gasteiger partial charge in [0.15, 0.2) is 0 Å². The summed E-state index contributed by atoms with van der Waals surface area (Å²) >= 11 is 6.06. The predicted molar refractivity (Wildman–Crippen MR) is 83.3 cm³/mol. The molecule has 1 unspecified atom stereocenters. The fourth-order valence-corrected chi connectivity index (χ4v) is 2.94. The van der Waals surface area contributed by atoms with Crippen molar-refractivity contribution in [3.05, 3.63) is 34.3 Å². The average molecular weight is 295 g/mol. The molecule has 2 rings (SSSR count). The molecule has 0 spiro atoms. The summed E-state index contributed by atoms with van der Waals surface area (Å²) < 4.78 is 0. The second kappa shape index (κ2) is 6.15. The molecule has 0 saturated carbocycles. The van der Waals surface area contributed by atoms with Crippen molar-refractivity contribution < 1.29 is 4.79 Å². The van der Waals surface area contributed by atoms with Gasteiger partial charge in [0, 0.05) is 23.2 Å². The normalized spacial score (nSPS) is 21.5. The van der Waals surface area contributed by atoms with Crippen molar-refractivity contribution in [2.24, 2.45) is 5.41 Å². The first-order chi connectivity index (χ1) is 9.42. The number of halogens is 1. The molecule has 1 aromatic carbocycles. The Morgan fingerprint density at radius 2 is 2.25 bits per heavy atom. The topological polar surface area (TPSA) is 41.1 Å². The highest BCUT2D eigenvalue weighted by Crippen LogP contribution is 2.29. The molecular formula is C16H23ClN2O. The van der Waals surface area contributed by atoms with Crippen LogP contribution in [0.5, 0.6) is 0 Å². The van der Waals surface area contributed by atoms with Crippen LogP contribution in [0.3, 0.4) is 0 Å². The maximum Gasteiger partial charge on any atom is 0.251 e. The standard InChI is InChI=1S/C16H23ClN2O/c1-11-12(6-4-7-13(11)17)15(20)19-10-14-16(2,3)8-5-9-18-14/h4,6-7,14,18H,5,8-10H2,1-3H3,(H,19,20). The third-order valence-corrected chi connectivity index (χ3v) is 4.72. The molecule has 20 heavy (non-hydrogen) atoms. The van der Waals surface area contributed by atoms with Crippen molar-refractivity contribution in [1.82, 2.24) is 10.6 Å². The zero-order valence-corrected chi connectivity index (χ0v) is 13.2. The van der Waals surface area contributed by atoms with E-state index in [0.29, 0.717) is 23.2 Å². The Hall–Kier alpha value is -1.06. The predicted octanol–water partition coefficient (Wildman–Crippen LogP) is 3.16. The Morgan fingerprint density at radius 1 is 1.50 bits per heavy atom. The second-order valence-electron chi connectivity index (χ2n) is 6.22. The van der Waals surface area contributed by atoms with E-state index in [9.17, 15) is 4.79 Å². The fourth-order valence-electron chi connectivity index (χ4n) is 2.76. The van der Waals surface area contributed by atoms with Crippen LogP contribution < -0.4 is 10.6 Å². The largest absolute Gasteiger partial charge is 0.350 e. The highest BCUT2D eigenvalue weighted by molar-refractivity contribution is 6.31. The lowest BCUT2D eigenvalue weighted by Crippen LogP contribution is -2.52. The van der Waals surface area contributed by atoms with Crippen LogP contribution in [0.1, 0.15) is 42.6 Å². The molecule has 1 atom stereocenters. The average Bonchev–Trinajstić information content (AvgIpc) is 2.40. The van der Waals surface area contributed by atoms with Gasteiger partial charge in [-0.2, -0.15) is 0 Å². The van der Waals surface area contributed by atoms with Gasteiger partial charge in [-0.15, -0.1) is 0 Å². The third kappa shape index (κ3) is 3.33. The third-order valence-electron chi connectivity index (χ3n) is 4.31. The van der Waals surface area contributed by atoms with E-state index in [1.54, 1.807) is 6.07 Å². The molecule has 1 aliphatic heterocycles. The van der Waals surface area contributed by atoms with Crippen LogP contribution in [0, 0.1) is 12.3 Å². The van der Waals surface area contributed by atoms with Crippen LogP contribution in [-0.2, 0) is 0 Å². The van der Waals surface area contributed by atoms with Crippen molar-refractivity contribution in [3.63, 3.8) is 0 Å². The molecule has 1 fully saturated rings. The van der Waals surface area contributed by atoms with Gasteiger partial charge in [0.05, 0.1) is 0 Å². The lowest BCUT2D eigenvalue weighted by atomic mass is 9.77. The van der Waals surface area contributed by atoms with E-state index in [2.05, 4.69) is 24.5 Å². The first kappa shape index (κ1) is 15.3. The Labute approximate surface area is 126 Å². The number of carbonyl (C=O) groups is 1. The number of benzene rings is 1. The summed E-state index contributed by atoms with van der Waals surface area (Å²) in [5.41, 5.74) is 1.71. The second-order valence-corrected chi connectivity index (χ2v) is 6.63. The van der Waals surface area contributed by atoms with Gasteiger partial charge < -0.3 is 10.6 Å². The first-order valence-corrected chi connectivity index (χ1v) is 7.56. The van der Waals surface area contributed by atoms with Gasteiger partial charge in [0.1, 0.15) is 0 Å². The molecule has 0 aromatic heterocycles. The fraction of sp³-hybridized carbons (Fsp3) is 0.562. The number of carbonyl (C=O) groups excluding carboxylic acids is 1. The minimum Gasteiger partial charge on any atom is -0.350 e. The minimum atomic E-state index is -0.0480. The summed E-state index contributed by atoms with van der Waals surface area (Å²) in [7, 11) is 0. The van der Waals surface area contributed by atoms with E-state index in [1.165, 1.54) is 12.8 Å². The number of piperidine rings is 1. The Morgan fingerprint density at radius 3 is 2.95 bits per heavy atom. The van der Waals surface area contributed by atoms with Crippen LogP contribution >= 0.6 is 11.6 Å². The van der Waals surface area contributed by atoms with Gasteiger partial charge in [-0.05, 0) is 49.4 Å². The Bertz CT molecular complexity index is 499. The SMILES string of the molecule is Cc1c(Cl)cccc1C(=O)NCC1NCCCC1(C)C. The molecular weight excluding hydrogens is 272 g/mol. The van der Waals surface area contributed by atoms with Crippen LogP contribution in [0.2, 0.25) is 5.02 Å². The van der Waals surface area contributed by atoms with Crippen molar-refractivity contribution >= 4 is 17.5 Å². The van der Waals surface area contributed by atoms with Crippen molar-refractivity contribution in [1.29, 1.82) is 0 Å². The molecule has 4 heteroatoms. The molecule has 1 heterocycles. The number of nitrogens with one attached hydrogen (secondary N) is 2. The summed E-state index contributed by atoms with van der Waals surface area (Å²) in [4.78, 5) is 12.3. The molecule has 1 amide bonds. The molecule has 110 valence electrons. The number of hydrogen-bond donors (Lipinski definition) is 2. The minimum absolute atomic E-state index is 0.0480. The Balaban J connectivity index is 2.00. The highest BCUT2D eigenvalue weighted by atomic mass is 35.5. The number of amides is 1. The van der Waals surface area contributed by atoms with Crippen molar-refractivity contribution in [2.75, 3.05) is 13.1 Å². The van der Waals surface area contributed by atoms with E-state index < -0.39 is 0 Å². The molecule has 0 bridgehead atoms. The zero-order valence-electron chi connectivity index (χ0n) is 12.4. The first-order valence-electron chi connectivity index (χ1n) is 7.18. The zero-order chi connectivity index (χ0) is 14.8. The molecule has 1 aliphatic rings. The van der Waals surface area contributed by atoms with Gasteiger partial charge in [-0.3, -0.25) is 4.79 Å². The molecule has 2 N–H and O–H groups in total. The lowest BCUT2D eigenvalue weighted by molar-refractivity contribution is 0.0928. The van der Waals surface area contributed by atoms with Gasteiger partial charge in [-0.25, -0.2) is 0 Å². The Kier molecular flexibility index (Phi) is 4.71. The maximum atomic E-state index is 12.3. The lowest BCUT2D eigenvalue weighted by Gasteiger charge is -2.39. The van der Waals surface area contributed by atoms with Crippen LogP contribution in [0.4, 0.5) is 0 Å². The summed E-state index contributed by atoms with van der Waals surface area (Å²) in [6.07, 6.45) is 2.39. The highest BCUT2D eigenvalue weighted by Gasteiger charge is 2.32. The molecule has 0 aliphatic carbocycles. The van der Waals surface area contributed by atoms with Gasteiger partial charge in [-0.1, -0.05) is 31.5 Å². The summed E-state index contributed by atoms with van der Waals surface area (Å²) in [6.45, 7) is 8.05. The van der Waals surface area contributed by atoms with E-state index in [0.717, 1.165) is 12.1 Å². The van der Waals surface area contributed by atoms with E-state index in [1.807, 2.05) is 19.1 Å². The van der Waals surface area contributed by atoms with E-state index in [-0.39, 0.29) is 11.3 Å². The number of hydrogen-bond acceptors (Lipinski definition) is 2. The van der Waals surface area contributed by atoms with Crippen LogP contribution in [0.25, 0.3) is 0 Å². The smallest absolute Gasteiger partial charge is 0.251 e. The molecule has 1 saturated heterocycles. The van der Waals surface area contributed by atoms with Gasteiger partial charge >= 0.3 is 0 Å². The maximum absolute atomic E-state index is 12.3. The number of rotatable bonds is 3. The van der Waals surface area contributed by atoms with Crippen molar-refractivity contribution in [2.45, 2.75) is 39.7 Å². The monoisotopic (exact) mass is 294 g/mol. The van der Waals surface area contributed by atoms with Gasteiger partial charge in [0.2, 0.25) is 0 Å². The van der Waals surface area contributed by atoms with E-state index >= 15 is 0 Å².